The number of nitrogens with zero attached hydrogens (tertiary/aromatic N) is 1. The fraction of sp³-hybridized carbons (Fsp3) is 0.615. The van der Waals surface area contributed by atoms with Gasteiger partial charge in [-0.1, -0.05) is 0 Å². The molecule has 0 aliphatic carbocycles. The van der Waals surface area contributed by atoms with Gasteiger partial charge in [-0.05, 0) is 6.92 Å². The van der Waals surface area contributed by atoms with Crippen LogP contribution in [0.3, 0.4) is 0 Å². The Balaban J connectivity index is 2.24. The molecule has 0 amide bonds. The second kappa shape index (κ2) is 9.14. The van der Waals surface area contributed by atoms with E-state index in [0.717, 1.165) is 23.4 Å². The third kappa shape index (κ3) is 5.67. The summed E-state index contributed by atoms with van der Waals surface area (Å²) in [6.07, 6.45) is 2.60. The average Bonchev–Trinajstić information content (AvgIpc) is 2.38. The third-order valence-electron chi connectivity index (χ3n) is 2.35. The molecule has 102 valence electrons. The van der Waals surface area contributed by atoms with Gasteiger partial charge >= 0.3 is 0 Å². The molecule has 0 aliphatic heterocycles. The number of methoxy groups -OCH3 is 1. The molecule has 1 rings (SSSR count). The molecule has 0 radical (unpaired) electrons. The van der Waals surface area contributed by atoms with Crippen molar-refractivity contribution >= 4 is 11.6 Å². The molecule has 0 aromatic carbocycles. The third-order valence-corrected chi connectivity index (χ3v) is 2.63. The second-order valence-electron chi connectivity index (χ2n) is 3.87. The van der Waals surface area contributed by atoms with E-state index in [-0.39, 0.29) is 0 Å². The molecule has 1 aromatic heterocycles. The van der Waals surface area contributed by atoms with Crippen LogP contribution >= 0.6 is 11.6 Å². The summed E-state index contributed by atoms with van der Waals surface area (Å²) in [5.41, 5.74) is 1.85. The maximum Gasteiger partial charge on any atom is 0.127 e. The molecule has 18 heavy (non-hydrogen) atoms. The monoisotopic (exact) mass is 273 g/mol. The zero-order chi connectivity index (χ0) is 13.2. The van der Waals surface area contributed by atoms with Crippen molar-refractivity contribution in [3.05, 3.63) is 23.5 Å². The zero-order valence-electron chi connectivity index (χ0n) is 10.9. The highest BCUT2D eigenvalue weighted by molar-refractivity contribution is 6.17. The van der Waals surface area contributed by atoms with Crippen LogP contribution in [0.1, 0.15) is 17.7 Å². The van der Waals surface area contributed by atoms with Crippen molar-refractivity contribution in [3.8, 4) is 5.75 Å². The first-order valence-corrected chi connectivity index (χ1v) is 6.52. The first kappa shape index (κ1) is 15.2. The topological polar surface area (TPSA) is 40.6 Å². The first-order valence-electron chi connectivity index (χ1n) is 5.99. The second-order valence-corrected chi connectivity index (χ2v) is 4.14. The Kier molecular flexibility index (Phi) is 7.73. The van der Waals surface area contributed by atoms with Gasteiger partial charge in [0.1, 0.15) is 5.75 Å². The number of pyridine rings is 1. The van der Waals surface area contributed by atoms with E-state index >= 15 is 0 Å². The number of halogens is 1. The van der Waals surface area contributed by atoms with E-state index in [4.69, 9.17) is 25.8 Å². The molecule has 0 saturated carbocycles. The standard InChI is InChI=1S/C13H20ClNO3/c1-11-8-13(12(9-14)10-15-11)18-5-3-4-17-7-6-16-2/h8,10H,3-7,9H2,1-2H3. The van der Waals surface area contributed by atoms with Crippen LogP contribution in [0.5, 0.6) is 5.75 Å². The lowest BCUT2D eigenvalue weighted by molar-refractivity contribution is 0.0644. The molecule has 0 atom stereocenters. The summed E-state index contributed by atoms with van der Waals surface area (Å²) < 4.78 is 15.9. The maximum atomic E-state index is 5.82. The molecule has 1 aromatic rings. The minimum atomic E-state index is 0.410. The van der Waals surface area contributed by atoms with Crippen LogP contribution in [0, 0.1) is 6.92 Å². The zero-order valence-corrected chi connectivity index (χ0v) is 11.7. The lowest BCUT2D eigenvalue weighted by atomic mass is 10.2. The number of ether oxygens (including phenoxy) is 3. The fourth-order valence-electron chi connectivity index (χ4n) is 1.39. The van der Waals surface area contributed by atoms with Crippen molar-refractivity contribution in [2.75, 3.05) is 33.5 Å². The number of rotatable bonds is 9. The summed E-state index contributed by atoms with van der Waals surface area (Å²) in [6.45, 7) is 4.46. The van der Waals surface area contributed by atoms with Gasteiger partial charge in [0.15, 0.2) is 0 Å². The highest BCUT2D eigenvalue weighted by Gasteiger charge is 2.03. The van der Waals surface area contributed by atoms with E-state index in [9.17, 15) is 0 Å². The van der Waals surface area contributed by atoms with Crippen LogP contribution in [0.25, 0.3) is 0 Å². The van der Waals surface area contributed by atoms with Crippen molar-refractivity contribution in [2.45, 2.75) is 19.2 Å². The molecule has 4 nitrogen and oxygen atoms in total. The number of aromatic nitrogens is 1. The summed E-state index contributed by atoms with van der Waals surface area (Å²) in [6, 6.07) is 1.91. The molecule has 0 saturated heterocycles. The number of aryl methyl sites for hydroxylation is 1. The Morgan fingerprint density at radius 3 is 2.78 bits per heavy atom. The van der Waals surface area contributed by atoms with Gasteiger partial charge in [-0.3, -0.25) is 4.98 Å². The first-order chi connectivity index (χ1) is 8.77. The van der Waals surface area contributed by atoms with E-state index in [1.165, 1.54) is 0 Å². The van der Waals surface area contributed by atoms with Gasteiger partial charge in [0.25, 0.3) is 0 Å². The van der Waals surface area contributed by atoms with Crippen LogP contribution in [0.4, 0.5) is 0 Å². The maximum absolute atomic E-state index is 5.82. The molecule has 0 bridgehead atoms. The Morgan fingerprint density at radius 1 is 1.22 bits per heavy atom. The van der Waals surface area contributed by atoms with Crippen LogP contribution < -0.4 is 4.74 Å². The summed E-state index contributed by atoms with van der Waals surface area (Å²) in [4.78, 5) is 4.19. The van der Waals surface area contributed by atoms with Gasteiger partial charge in [0.2, 0.25) is 0 Å². The molecule has 0 spiro atoms. The predicted molar refractivity (Wildman–Crippen MR) is 71.3 cm³/mol. The number of hydrogen-bond acceptors (Lipinski definition) is 4. The molecule has 0 aliphatic rings. The van der Waals surface area contributed by atoms with Gasteiger partial charge in [0.05, 0.1) is 25.7 Å². The van der Waals surface area contributed by atoms with Crippen LogP contribution in [0.15, 0.2) is 12.3 Å². The van der Waals surface area contributed by atoms with Crippen molar-refractivity contribution in [1.82, 2.24) is 4.98 Å². The average molecular weight is 274 g/mol. The number of alkyl halides is 1. The molecule has 0 unspecified atom stereocenters. The van der Waals surface area contributed by atoms with Gasteiger partial charge in [0, 0.05) is 43.7 Å². The Morgan fingerprint density at radius 2 is 2.06 bits per heavy atom. The van der Waals surface area contributed by atoms with Crippen molar-refractivity contribution < 1.29 is 14.2 Å². The fourth-order valence-corrected chi connectivity index (χ4v) is 1.59. The normalized spacial score (nSPS) is 10.6. The Bertz CT molecular complexity index is 347. The molecule has 5 heteroatoms. The summed E-state index contributed by atoms with van der Waals surface area (Å²) in [5, 5.41) is 0. The predicted octanol–water partition coefficient (Wildman–Crippen LogP) is 2.56. The lowest BCUT2D eigenvalue weighted by Gasteiger charge is -2.10. The smallest absolute Gasteiger partial charge is 0.127 e. The minimum Gasteiger partial charge on any atom is -0.493 e. The van der Waals surface area contributed by atoms with Gasteiger partial charge < -0.3 is 14.2 Å². The van der Waals surface area contributed by atoms with Crippen molar-refractivity contribution in [3.63, 3.8) is 0 Å². The van der Waals surface area contributed by atoms with Crippen molar-refractivity contribution in [2.24, 2.45) is 0 Å². The molecule has 0 fully saturated rings. The molecule has 0 N–H and O–H groups in total. The Labute approximate surface area is 113 Å². The Hall–Kier alpha value is -0.840. The van der Waals surface area contributed by atoms with Gasteiger partial charge in [-0.25, -0.2) is 0 Å². The minimum absolute atomic E-state index is 0.410. The molecule has 1 heterocycles. The van der Waals surface area contributed by atoms with Gasteiger partial charge in [-0.15, -0.1) is 11.6 Å². The van der Waals surface area contributed by atoms with Crippen LogP contribution in [-0.4, -0.2) is 38.5 Å². The van der Waals surface area contributed by atoms with Gasteiger partial charge in [-0.2, -0.15) is 0 Å². The van der Waals surface area contributed by atoms with Crippen LogP contribution in [0.2, 0.25) is 0 Å². The summed E-state index contributed by atoms with van der Waals surface area (Å²) in [5.74, 6) is 1.22. The largest absolute Gasteiger partial charge is 0.493 e. The number of hydrogen-bond donors (Lipinski definition) is 0. The highest BCUT2D eigenvalue weighted by Crippen LogP contribution is 2.20. The van der Waals surface area contributed by atoms with E-state index in [0.29, 0.717) is 32.3 Å². The highest BCUT2D eigenvalue weighted by atomic mass is 35.5. The van der Waals surface area contributed by atoms with E-state index in [1.54, 1.807) is 13.3 Å². The molecular formula is C13H20ClNO3. The van der Waals surface area contributed by atoms with Crippen molar-refractivity contribution in [1.29, 1.82) is 0 Å². The SMILES string of the molecule is COCCOCCCOc1cc(C)ncc1CCl. The lowest BCUT2D eigenvalue weighted by Crippen LogP contribution is -2.07. The molecular weight excluding hydrogens is 254 g/mol. The van der Waals surface area contributed by atoms with E-state index in [2.05, 4.69) is 4.98 Å². The van der Waals surface area contributed by atoms with Crippen LogP contribution in [-0.2, 0) is 15.4 Å². The van der Waals surface area contributed by atoms with E-state index in [1.807, 2.05) is 13.0 Å². The summed E-state index contributed by atoms with van der Waals surface area (Å²) >= 11 is 5.82. The van der Waals surface area contributed by atoms with E-state index < -0.39 is 0 Å². The summed E-state index contributed by atoms with van der Waals surface area (Å²) in [7, 11) is 1.66. The quantitative estimate of drug-likeness (QED) is 0.512.